The minimum atomic E-state index is -0.476. The van der Waals surface area contributed by atoms with E-state index < -0.39 is 11.8 Å². The summed E-state index contributed by atoms with van der Waals surface area (Å²) in [5.74, 6) is 0.249. The highest BCUT2D eigenvalue weighted by Crippen LogP contribution is 2.39. The highest BCUT2D eigenvalue weighted by molar-refractivity contribution is 6.05. The van der Waals surface area contributed by atoms with Crippen molar-refractivity contribution in [1.82, 2.24) is 15.3 Å². The van der Waals surface area contributed by atoms with Crippen molar-refractivity contribution in [2.45, 2.75) is 39.3 Å². The molecule has 0 radical (unpaired) electrons. The number of nitrogens with zero attached hydrogens (tertiary/aromatic N) is 4. The highest BCUT2D eigenvalue weighted by Gasteiger charge is 2.40. The summed E-state index contributed by atoms with van der Waals surface area (Å²) in [6, 6.07) is 5.72. The molecule has 30 heavy (non-hydrogen) atoms. The molecule has 2 aromatic rings. The number of pyridine rings is 2. The summed E-state index contributed by atoms with van der Waals surface area (Å²) >= 11 is 0. The second-order valence-electron chi connectivity index (χ2n) is 8.10. The van der Waals surface area contributed by atoms with Gasteiger partial charge in [-0.15, -0.1) is 0 Å². The average Bonchev–Trinajstić information content (AvgIpc) is 3.13. The van der Waals surface area contributed by atoms with Crippen LogP contribution in [0.15, 0.2) is 30.5 Å². The molecular weight excluding hydrogens is 387 g/mol. The molecule has 2 aliphatic heterocycles. The molecule has 2 aromatic heterocycles. The molecule has 2 atom stereocenters. The molecule has 3 amide bonds. The first kappa shape index (κ1) is 20.1. The van der Waals surface area contributed by atoms with Gasteiger partial charge in [-0.3, -0.25) is 15.0 Å². The molecule has 9 heteroatoms. The van der Waals surface area contributed by atoms with Crippen LogP contribution in [-0.2, 0) is 0 Å². The Morgan fingerprint density at radius 3 is 2.70 bits per heavy atom. The Kier molecular flexibility index (Phi) is 5.27. The molecule has 1 fully saturated rings. The lowest BCUT2D eigenvalue weighted by Crippen LogP contribution is -2.48. The van der Waals surface area contributed by atoms with Crippen molar-refractivity contribution < 1.29 is 14.0 Å². The van der Waals surface area contributed by atoms with Crippen molar-refractivity contribution >= 4 is 29.3 Å². The molecular formula is C21H25FN6O2. The second kappa shape index (κ2) is 7.89. The number of fused-ring (bicyclic) bond motifs is 4. The van der Waals surface area contributed by atoms with Crippen LogP contribution in [0.25, 0.3) is 0 Å². The van der Waals surface area contributed by atoms with Crippen LogP contribution < -0.4 is 20.4 Å². The number of anilines is 3. The predicted octanol–water partition coefficient (Wildman–Crippen LogP) is 3.02. The molecule has 158 valence electrons. The number of carbonyl (C=O) groups excluding carboxylic acids is 2. The fourth-order valence-electron chi connectivity index (χ4n) is 3.66. The molecule has 4 rings (SSSR count). The molecule has 2 N–H and O–H groups in total. The van der Waals surface area contributed by atoms with Crippen molar-refractivity contribution in [1.29, 1.82) is 0 Å². The van der Waals surface area contributed by atoms with Crippen molar-refractivity contribution in [2.24, 2.45) is 5.92 Å². The summed E-state index contributed by atoms with van der Waals surface area (Å²) in [5, 5.41) is 5.66. The molecule has 2 aliphatic rings. The molecule has 0 aliphatic carbocycles. The molecule has 1 saturated heterocycles. The van der Waals surface area contributed by atoms with E-state index in [0.717, 1.165) is 24.8 Å². The summed E-state index contributed by atoms with van der Waals surface area (Å²) in [7, 11) is 0. The second-order valence-corrected chi connectivity index (χ2v) is 8.10. The van der Waals surface area contributed by atoms with Crippen LogP contribution in [0.5, 0.6) is 0 Å². The maximum absolute atomic E-state index is 13.1. The standard InChI is InChI=1S/C21H25FN6O2/c1-12(2)13(3)24-20(29)16-5-6-17-19(25-16)28(15-8-9-27(17)11-15)21(30)26-18-7-4-14(22)10-23-18/h4-7,10,12-13,15H,8-9,11H2,1-3H3,(H,24,29)(H,23,26,30)/t13-,15+/m1/s1. The molecule has 0 unspecified atom stereocenters. The third-order valence-electron chi connectivity index (χ3n) is 5.72. The Balaban J connectivity index is 1.62. The number of carbonyl (C=O) groups is 2. The minimum Gasteiger partial charge on any atom is -0.366 e. The van der Waals surface area contributed by atoms with Gasteiger partial charge in [-0.25, -0.2) is 19.2 Å². The number of amides is 3. The van der Waals surface area contributed by atoms with Crippen molar-refractivity contribution in [3.63, 3.8) is 0 Å². The maximum Gasteiger partial charge on any atom is 0.329 e. The molecule has 8 nitrogen and oxygen atoms in total. The van der Waals surface area contributed by atoms with Crippen molar-refractivity contribution in [3.05, 3.63) is 42.0 Å². The van der Waals surface area contributed by atoms with E-state index in [0.29, 0.717) is 18.3 Å². The monoisotopic (exact) mass is 412 g/mol. The van der Waals surface area contributed by atoms with Gasteiger partial charge >= 0.3 is 6.03 Å². The van der Waals surface area contributed by atoms with Crippen molar-refractivity contribution in [3.8, 4) is 0 Å². The first-order valence-electron chi connectivity index (χ1n) is 10.1. The van der Waals surface area contributed by atoms with Gasteiger partial charge in [-0.1, -0.05) is 13.8 Å². The van der Waals surface area contributed by atoms with Gasteiger partial charge in [0.1, 0.15) is 17.3 Å². The Morgan fingerprint density at radius 2 is 2.00 bits per heavy atom. The lowest BCUT2D eigenvalue weighted by atomic mass is 10.1. The number of hydrogen-bond donors (Lipinski definition) is 2. The molecule has 4 heterocycles. The first-order chi connectivity index (χ1) is 14.3. The zero-order chi connectivity index (χ0) is 21.4. The van der Waals surface area contributed by atoms with E-state index in [1.165, 1.54) is 12.1 Å². The summed E-state index contributed by atoms with van der Waals surface area (Å²) in [6.07, 6.45) is 1.85. The summed E-state index contributed by atoms with van der Waals surface area (Å²) in [6.45, 7) is 7.53. The third-order valence-corrected chi connectivity index (χ3v) is 5.72. The Morgan fingerprint density at radius 1 is 1.20 bits per heavy atom. The van der Waals surface area contributed by atoms with E-state index in [4.69, 9.17) is 0 Å². The van der Waals surface area contributed by atoms with Crippen LogP contribution >= 0.6 is 0 Å². The average molecular weight is 412 g/mol. The first-order valence-corrected chi connectivity index (χ1v) is 10.1. The number of hydrogen-bond acceptors (Lipinski definition) is 5. The van der Waals surface area contributed by atoms with Gasteiger partial charge in [-0.05, 0) is 43.5 Å². The minimum absolute atomic E-state index is 0.000727. The van der Waals surface area contributed by atoms with Gasteiger partial charge in [0.2, 0.25) is 0 Å². The van der Waals surface area contributed by atoms with E-state index in [2.05, 4.69) is 25.5 Å². The van der Waals surface area contributed by atoms with Gasteiger partial charge in [0.15, 0.2) is 5.82 Å². The molecule has 0 spiro atoms. The van der Waals surface area contributed by atoms with Crippen LogP contribution in [0.1, 0.15) is 37.7 Å². The molecule has 0 saturated carbocycles. The quantitative estimate of drug-likeness (QED) is 0.806. The lowest BCUT2D eigenvalue weighted by Gasteiger charge is -2.35. The predicted molar refractivity (Wildman–Crippen MR) is 112 cm³/mol. The van der Waals surface area contributed by atoms with Gasteiger partial charge in [0.25, 0.3) is 5.91 Å². The summed E-state index contributed by atoms with van der Waals surface area (Å²) < 4.78 is 13.1. The zero-order valence-corrected chi connectivity index (χ0v) is 17.2. The molecule has 2 bridgehead atoms. The molecule has 0 aromatic carbocycles. The fraction of sp³-hybridized carbons (Fsp3) is 0.429. The Bertz CT molecular complexity index is 964. The van der Waals surface area contributed by atoms with Crippen LogP contribution in [0, 0.1) is 11.7 Å². The van der Waals surface area contributed by atoms with Gasteiger partial charge < -0.3 is 10.2 Å². The van der Waals surface area contributed by atoms with E-state index in [1.54, 1.807) is 11.0 Å². The highest BCUT2D eigenvalue weighted by atomic mass is 19.1. The van der Waals surface area contributed by atoms with E-state index in [-0.39, 0.29) is 29.5 Å². The van der Waals surface area contributed by atoms with E-state index in [9.17, 15) is 14.0 Å². The van der Waals surface area contributed by atoms with E-state index >= 15 is 0 Å². The number of aromatic nitrogens is 2. The zero-order valence-electron chi connectivity index (χ0n) is 17.2. The fourth-order valence-corrected chi connectivity index (χ4v) is 3.66. The van der Waals surface area contributed by atoms with Gasteiger partial charge in [0, 0.05) is 19.1 Å². The van der Waals surface area contributed by atoms with Crippen molar-refractivity contribution in [2.75, 3.05) is 28.2 Å². The van der Waals surface area contributed by atoms with Crippen LogP contribution in [0.4, 0.5) is 26.5 Å². The van der Waals surface area contributed by atoms with E-state index in [1.807, 2.05) is 26.8 Å². The van der Waals surface area contributed by atoms with Crippen LogP contribution in [-0.4, -0.2) is 47.1 Å². The lowest BCUT2D eigenvalue weighted by molar-refractivity contribution is 0.0925. The summed E-state index contributed by atoms with van der Waals surface area (Å²) in [4.78, 5) is 38.0. The Labute approximate surface area is 174 Å². The van der Waals surface area contributed by atoms with Crippen LogP contribution in [0.3, 0.4) is 0 Å². The Hall–Kier alpha value is -3.23. The normalized spacial score (nSPS) is 18.2. The summed E-state index contributed by atoms with van der Waals surface area (Å²) in [5.41, 5.74) is 1.08. The number of nitrogens with one attached hydrogen (secondary N) is 2. The number of rotatable bonds is 4. The van der Waals surface area contributed by atoms with Crippen LogP contribution in [0.2, 0.25) is 0 Å². The number of halogens is 1. The van der Waals surface area contributed by atoms with Gasteiger partial charge in [-0.2, -0.15) is 0 Å². The largest absolute Gasteiger partial charge is 0.366 e. The maximum atomic E-state index is 13.1. The SMILES string of the molecule is CC(C)[C@@H](C)NC(=O)c1ccc2c(n1)N(C(=O)Nc1ccc(F)cn1)[C@H]1CCN2C1. The smallest absolute Gasteiger partial charge is 0.329 e. The van der Waals surface area contributed by atoms with Gasteiger partial charge in [0.05, 0.1) is 17.9 Å². The topological polar surface area (TPSA) is 90.5 Å². The number of urea groups is 1. The third kappa shape index (κ3) is 3.79.